The molecule has 1 aromatic heterocycles. The van der Waals surface area contributed by atoms with Crippen molar-refractivity contribution in [3.8, 4) is 0 Å². The van der Waals surface area contributed by atoms with Gasteiger partial charge < -0.3 is 10.2 Å². The summed E-state index contributed by atoms with van der Waals surface area (Å²) >= 11 is 0. The molecule has 0 spiro atoms. The fourth-order valence-electron chi connectivity index (χ4n) is 3.02. The maximum atomic E-state index is 13.1. The Morgan fingerprint density at radius 3 is 2.38 bits per heavy atom. The van der Waals surface area contributed by atoms with E-state index in [1.165, 1.54) is 6.92 Å². The number of ketones is 1. The van der Waals surface area contributed by atoms with Gasteiger partial charge in [0, 0.05) is 35.7 Å². The van der Waals surface area contributed by atoms with E-state index in [4.69, 9.17) is 0 Å². The fourth-order valence-corrected chi connectivity index (χ4v) is 3.02. The van der Waals surface area contributed by atoms with Gasteiger partial charge in [-0.1, -0.05) is 42.5 Å². The van der Waals surface area contributed by atoms with E-state index in [9.17, 15) is 9.59 Å². The van der Waals surface area contributed by atoms with Gasteiger partial charge in [-0.2, -0.15) is 0 Å². The Kier molecular flexibility index (Phi) is 6.39. The van der Waals surface area contributed by atoms with E-state index in [2.05, 4.69) is 10.3 Å². The van der Waals surface area contributed by atoms with E-state index in [0.29, 0.717) is 17.8 Å². The summed E-state index contributed by atoms with van der Waals surface area (Å²) in [5.74, 6) is -0.113. The molecule has 0 saturated heterocycles. The van der Waals surface area contributed by atoms with Gasteiger partial charge in [0.1, 0.15) is 5.69 Å². The molecule has 0 aliphatic heterocycles. The van der Waals surface area contributed by atoms with Crippen LogP contribution >= 0.6 is 0 Å². The molecule has 0 radical (unpaired) electrons. The third kappa shape index (κ3) is 5.29. The number of nitrogens with zero attached hydrogens (tertiary/aromatic N) is 2. The van der Waals surface area contributed by atoms with Crippen LogP contribution in [0.5, 0.6) is 0 Å². The van der Waals surface area contributed by atoms with Crippen LogP contribution in [0, 0.1) is 0 Å². The summed E-state index contributed by atoms with van der Waals surface area (Å²) in [6, 6.07) is 20.8. The number of Topliss-reactive ketones (excluding diaryl/α,β-unsaturated/α-hetero) is 1. The van der Waals surface area contributed by atoms with Gasteiger partial charge >= 0.3 is 0 Å². The molecule has 1 heterocycles. The number of anilines is 2. The highest BCUT2D eigenvalue weighted by Gasteiger charge is 2.20. The third-order valence-electron chi connectivity index (χ3n) is 4.62. The van der Waals surface area contributed by atoms with Crippen LogP contribution in [0.1, 0.15) is 47.2 Å². The molecular formula is C24H25N3O2. The molecule has 2 aromatic carbocycles. The van der Waals surface area contributed by atoms with Crippen molar-refractivity contribution in [3.05, 3.63) is 89.7 Å². The smallest absolute Gasteiger partial charge is 0.273 e. The molecule has 3 rings (SSSR count). The largest absolute Gasteiger partial charge is 0.355 e. The minimum absolute atomic E-state index is 0.00716. The van der Waals surface area contributed by atoms with Crippen molar-refractivity contribution in [2.24, 2.45) is 0 Å². The van der Waals surface area contributed by atoms with E-state index in [-0.39, 0.29) is 17.7 Å². The van der Waals surface area contributed by atoms with E-state index >= 15 is 0 Å². The first kappa shape index (κ1) is 20.3. The average Bonchev–Trinajstić information content (AvgIpc) is 2.72. The number of rotatable bonds is 7. The number of pyridine rings is 1. The lowest BCUT2D eigenvalue weighted by Crippen LogP contribution is -2.36. The van der Waals surface area contributed by atoms with Crippen LogP contribution in [-0.2, 0) is 6.54 Å². The average molecular weight is 387 g/mol. The van der Waals surface area contributed by atoms with E-state index in [0.717, 1.165) is 16.9 Å². The van der Waals surface area contributed by atoms with Gasteiger partial charge in [0.15, 0.2) is 5.78 Å². The Bertz CT molecular complexity index is 1000. The van der Waals surface area contributed by atoms with Crippen LogP contribution in [0.2, 0.25) is 0 Å². The quantitative estimate of drug-likeness (QED) is 0.574. The first-order chi connectivity index (χ1) is 13.9. The highest BCUT2D eigenvalue weighted by atomic mass is 16.2. The van der Waals surface area contributed by atoms with Gasteiger partial charge in [-0.05, 0) is 50.6 Å². The van der Waals surface area contributed by atoms with Crippen LogP contribution < -0.4 is 5.32 Å². The Labute approximate surface area is 171 Å². The second-order valence-corrected chi connectivity index (χ2v) is 7.20. The Morgan fingerprint density at radius 2 is 1.69 bits per heavy atom. The molecule has 3 aromatic rings. The van der Waals surface area contributed by atoms with Gasteiger partial charge in [-0.3, -0.25) is 14.6 Å². The van der Waals surface area contributed by atoms with Crippen molar-refractivity contribution >= 4 is 23.1 Å². The van der Waals surface area contributed by atoms with Crippen LogP contribution in [0.3, 0.4) is 0 Å². The lowest BCUT2D eigenvalue weighted by atomic mass is 10.1. The SMILES string of the molecule is CC(=O)c1cccc(Nc2ccnc(C(=O)N(Cc3ccccc3)C(C)C)c2)c1. The van der Waals surface area contributed by atoms with E-state index in [1.807, 2.05) is 56.3 Å². The number of amides is 1. The molecule has 0 unspecified atom stereocenters. The van der Waals surface area contributed by atoms with Crippen molar-refractivity contribution in [2.75, 3.05) is 5.32 Å². The molecule has 5 nitrogen and oxygen atoms in total. The molecule has 5 heteroatoms. The molecule has 0 atom stereocenters. The molecule has 0 aliphatic carbocycles. The normalized spacial score (nSPS) is 10.6. The van der Waals surface area contributed by atoms with Gasteiger partial charge in [-0.15, -0.1) is 0 Å². The minimum Gasteiger partial charge on any atom is -0.355 e. The van der Waals surface area contributed by atoms with Crippen molar-refractivity contribution in [1.82, 2.24) is 9.88 Å². The number of hydrogen-bond acceptors (Lipinski definition) is 4. The van der Waals surface area contributed by atoms with E-state index < -0.39 is 0 Å². The molecule has 1 N–H and O–H groups in total. The summed E-state index contributed by atoms with van der Waals surface area (Å²) in [5, 5.41) is 3.25. The molecular weight excluding hydrogens is 362 g/mol. The number of hydrogen-bond donors (Lipinski definition) is 1. The molecule has 0 aliphatic rings. The van der Waals surface area contributed by atoms with Crippen molar-refractivity contribution in [2.45, 2.75) is 33.4 Å². The first-order valence-corrected chi connectivity index (χ1v) is 9.63. The van der Waals surface area contributed by atoms with Crippen LogP contribution in [-0.4, -0.2) is 27.6 Å². The molecule has 148 valence electrons. The molecule has 0 bridgehead atoms. The highest BCUT2D eigenvalue weighted by Crippen LogP contribution is 2.20. The monoisotopic (exact) mass is 387 g/mol. The molecule has 29 heavy (non-hydrogen) atoms. The maximum Gasteiger partial charge on any atom is 0.273 e. The van der Waals surface area contributed by atoms with Gasteiger partial charge in [0.2, 0.25) is 0 Å². The summed E-state index contributed by atoms with van der Waals surface area (Å²) in [4.78, 5) is 30.8. The summed E-state index contributed by atoms with van der Waals surface area (Å²) in [5.41, 5.74) is 3.61. The lowest BCUT2D eigenvalue weighted by molar-refractivity contribution is 0.0684. The second-order valence-electron chi connectivity index (χ2n) is 7.20. The first-order valence-electron chi connectivity index (χ1n) is 9.63. The fraction of sp³-hybridized carbons (Fsp3) is 0.208. The number of carbonyl (C=O) groups excluding carboxylic acids is 2. The molecule has 0 saturated carbocycles. The van der Waals surface area contributed by atoms with Crippen molar-refractivity contribution in [3.63, 3.8) is 0 Å². The Morgan fingerprint density at radius 1 is 0.966 bits per heavy atom. The second kappa shape index (κ2) is 9.15. The Hall–Kier alpha value is -3.47. The third-order valence-corrected chi connectivity index (χ3v) is 4.62. The van der Waals surface area contributed by atoms with Crippen molar-refractivity contribution in [1.29, 1.82) is 0 Å². The number of nitrogens with one attached hydrogen (secondary N) is 1. The zero-order valence-corrected chi connectivity index (χ0v) is 16.9. The van der Waals surface area contributed by atoms with E-state index in [1.54, 1.807) is 35.4 Å². The van der Waals surface area contributed by atoms with Crippen LogP contribution in [0.4, 0.5) is 11.4 Å². The minimum atomic E-state index is -0.120. The summed E-state index contributed by atoms with van der Waals surface area (Å²) < 4.78 is 0. The zero-order chi connectivity index (χ0) is 20.8. The maximum absolute atomic E-state index is 13.1. The lowest BCUT2D eigenvalue weighted by Gasteiger charge is -2.26. The summed E-state index contributed by atoms with van der Waals surface area (Å²) in [7, 11) is 0. The number of aromatic nitrogens is 1. The topological polar surface area (TPSA) is 62.3 Å². The summed E-state index contributed by atoms with van der Waals surface area (Å²) in [6.45, 7) is 6.05. The van der Waals surface area contributed by atoms with Gasteiger partial charge in [-0.25, -0.2) is 0 Å². The number of carbonyl (C=O) groups is 2. The number of benzene rings is 2. The van der Waals surface area contributed by atoms with Crippen LogP contribution in [0.15, 0.2) is 72.9 Å². The highest BCUT2D eigenvalue weighted by molar-refractivity contribution is 5.95. The zero-order valence-electron chi connectivity index (χ0n) is 16.9. The van der Waals surface area contributed by atoms with Gasteiger partial charge in [0.25, 0.3) is 5.91 Å². The summed E-state index contributed by atoms with van der Waals surface area (Å²) in [6.07, 6.45) is 1.62. The van der Waals surface area contributed by atoms with Crippen molar-refractivity contribution < 1.29 is 9.59 Å². The standard InChI is InChI=1S/C24H25N3O2/c1-17(2)27(16-19-8-5-4-6-9-19)24(29)23-15-22(12-13-25-23)26-21-11-7-10-20(14-21)18(3)28/h4-15,17H,16H2,1-3H3,(H,25,26). The predicted molar refractivity (Wildman–Crippen MR) is 115 cm³/mol. The van der Waals surface area contributed by atoms with Crippen LogP contribution in [0.25, 0.3) is 0 Å². The Balaban J connectivity index is 1.80. The molecule has 0 fully saturated rings. The predicted octanol–water partition coefficient (Wildman–Crippen LogP) is 5.08. The van der Waals surface area contributed by atoms with Gasteiger partial charge in [0.05, 0.1) is 0 Å². The molecule has 1 amide bonds.